The minimum Gasteiger partial charge on any atom is -0.441 e. The summed E-state index contributed by atoms with van der Waals surface area (Å²) in [5.74, 6) is 0.407. The van der Waals surface area contributed by atoms with Crippen LogP contribution in [0.5, 0.6) is 0 Å². The number of nitrogens with one attached hydrogen (secondary N) is 1. The zero-order chi connectivity index (χ0) is 18.5. The number of nitrogens with zero attached hydrogens (tertiary/aromatic N) is 1. The Morgan fingerprint density at radius 1 is 1.15 bits per heavy atom. The first kappa shape index (κ1) is 17.4. The number of carbonyl (C=O) groups excluding carboxylic acids is 2. The Labute approximate surface area is 150 Å². The summed E-state index contributed by atoms with van der Waals surface area (Å²) in [4.78, 5) is 23.1. The number of aryl methyl sites for hydroxylation is 1. The van der Waals surface area contributed by atoms with Gasteiger partial charge in [0, 0.05) is 11.1 Å². The van der Waals surface area contributed by atoms with Crippen LogP contribution < -0.4 is 5.32 Å². The summed E-state index contributed by atoms with van der Waals surface area (Å²) in [5, 5.41) is 6.61. The molecule has 0 fully saturated rings. The van der Waals surface area contributed by atoms with Gasteiger partial charge in [0.25, 0.3) is 0 Å². The largest absolute Gasteiger partial charge is 0.441 e. The summed E-state index contributed by atoms with van der Waals surface area (Å²) in [7, 11) is 0. The minimum absolute atomic E-state index is 0.397. The van der Waals surface area contributed by atoms with E-state index in [1.807, 2.05) is 30.3 Å². The topological polar surface area (TPSA) is 81.4 Å². The van der Waals surface area contributed by atoms with Crippen LogP contribution in [0.3, 0.4) is 0 Å². The molecule has 3 aromatic rings. The Bertz CT molecular complexity index is 901. The maximum absolute atomic E-state index is 12.3. The highest BCUT2D eigenvalue weighted by Crippen LogP contribution is 2.31. The normalized spacial score (nSPS) is 11.6. The average molecular weight is 350 g/mol. The second kappa shape index (κ2) is 7.65. The summed E-state index contributed by atoms with van der Waals surface area (Å²) < 4.78 is 10.8. The molecule has 1 aromatic heterocycles. The highest BCUT2D eigenvalue weighted by Gasteiger charge is 2.19. The SMILES string of the molecule is Cc1noc(-c2ccc(C=O)cc2)c1NC(=O)O[C@H](C)c1ccccc1. The molecule has 0 radical (unpaired) electrons. The quantitative estimate of drug-likeness (QED) is 0.670. The van der Waals surface area contributed by atoms with E-state index in [9.17, 15) is 9.59 Å². The Morgan fingerprint density at radius 3 is 2.50 bits per heavy atom. The number of anilines is 1. The maximum atomic E-state index is 12.3. The van der Waals surface area contributed by atoms with Crippen molar-refractivity contribution in [1.82, 2.24) is 5.16 Å². The lowest BCUT2D eigenvalue weighted by molar-refractivity contribution is 0.112. The van der Waals surface area contributed by atoms with Gasteiger partial charge >= 0.3 is 6.09 Å². The predicted octanol–water partition coefficient (Wildman–Crippen LogP) is 4.77. The molecule has 0 aliphatic carbocycles. The Kier molecular flexibility index (Phi) is 5.12. The summed E-state index contributed by atoms with van der Waals surface area (Å²) >= 11 is 0. The highest BCUT2D eigenvalue weighted by molar-refractivity contribution is 5.91. The number of aromatic nitrogens is 1. The van der Waals surface area contributed by atoms with Crippen molar-refractivity contribution in [2.45, 2.75) is 20.0 Å². The molecule has 0 saturated carbocycles. The zero-order valence-corrected chi connectivity index (χ0v) is 14.4. The van der Waals surface area contributed by atoms with Gasteiger partial charge in [-0.1, -0.05) is 59.8 Å². The number of hydrogen-bond donors (Lipinski definition) is 1. The van der Waals surface area contributed by atoms with Gasteiger partial charge in [0.2, 0.25) is 0 Å². The van der Waals surface area contributed by atoms with Crippen molar-refractivity contribution in [1.29, 1.82) is 0 Å². The first-order chi connectivity index (χ1) is 12.6. The molecule has 132 valence electrons. The van der Waals surface area contributed by atoms with Crippen LogP contribution in [0.2, 0.25) is 0 Å². The fraction of sp³-hybridized carbons (Fsp3) is 0.150. The number of aldehydes is 1. The molecule has 1 heterocycles. The van der Waals surface area contributed by atoms with Crippen molar-refractivity contribution >= 4 is 18.1 Å². The number of ether oxygens (including phenoxy) is 1. The Hall–Kier alpha value is -3.41. The summed E-state index contributed by atoms with van der Waals surface area (Å²) in [5.41, 5.74) is 3.12. The molecular formula is C20H18N2O4. The fourth-order valence-corrected chi connectivity index (χ4v) is 2.51. The van der Waals surface area contributed by atoms with Crippen molar-refractivity contribution in [3.8, 4) is 11.3 Å². The molecule has 1 amide bonds. The van der Waals surface area contributed by atoms with Crippen LogP contribution in [-0.4, -0.2) is 17.5 Å². The van der Waals surface area contributed by atoms with Crippen molar-refractivity contribution in [3.63, 3.8) is 0 Å². The second-order valence-corrected chi connectivity index (χ2v) is 5.80. The number of hydrogen-bond acceptors (Lipinski definition) is 5. The lowest BCUT2D eigenvalue weighted by Crippen LogP contribution is -2.16. The van der Waals surface area contributed by atoms with Crippen molar-refractivity contribution in [2.24, 2.45) is 0 Å². The number of rotatable bonds is 5. The predicted molar refractivity (Wildman–Crippen MR) is 97.0 cm³/mol. The van der Waals surface area contributed by atoms with Gasteiger partial charge in [-0.15, -0.1) is 0 Å². The van der Waals surface area contributed by atoms with E-state index in [0.29, 0.717) is 28.3 Å². The molecular weight excluding hydrogens is 332 g/mol. The smallest absolute Gasteiger partial charge is 0.412 e. The summed E-state index contributed by atoms with van der Waals surface area (Å²) in [6.45, 7) is 3.53. The third kappa shape index (κ3) is 3.80. The van der Waals surface area contributed by atoms with E-state index in [-0.39, 0.29) is 0 Å². The van der Waals surface area contributed by atoms with E-state index >= 15 is 0 Å². The van der Waals surface area contributed by atoms with Crippen LogP contribution >= 0.6 is 0 Å². The third-order valence-electron chi connectivity index (χ3n) is 3.95. The van der Waals surface area contributed by atoms with Gasteiger partial charge in [0.05, 0.1) is 0 Å². The van der Waals surface area contributed by atoms with Crippen molar-refractivity contribution in [2.75, 3.05) is 5.32 Å². The molecule has 0 saturated heterocycles. The number of carbonyl (C=O) groups is 2. The average Bonchev–Trinajstić information content (AvgIpc) is 3.03. The molecule has 2 aromatic carbocycles. The first-order valence-electron chi connectivity index (χ1n) is 8.13. The van der Waals surface area contributed by atoms with Gasteiger partial charge in [0.1, 0.15) is 23.8 Å². The van der Waals surface area contributed by atoms with Gasteiger partial charge in [-0.3, -0.25) is 10.1 Å². The van der Waals surface area contributed by atoms with Crippen LogP contribution in [0, 0.1) is 6.92 Å². The molecule has 0 aliphatic heterocycles. The molecule has 6 heteroatoms. The van der Waals surface area contributed by atoms with Crippen molar-refractivity contribution < 1.29 is 18.8 Å². The minimum atomic E-state index is -0.599. The van der Waals surface area contributed by atoms with Gasteiger partial charge < -0.3 is 9.26 Å². The molecule has 1 atom stereocenters. The van der Waals surface area contributed by atoms with Crippen LogP contribution in [0.4, 0.5) is 10.5 Å². The van der Waals surface area contributed by atoms with E-state index in [0.717, 1.165) is 11.8 Å². The van der Waals surface area contributed by atoms with Crippen LogP contribution in [0.15, 0.2) is 59.1 Å². The molecule has 6 nitrogen and oxygen atoms in total. The Balaban J connectivity index is 1.76. The number of benzene rings is 2. The van der Waals surface area contributed by atoms with E-state index in [1.165, 1.54) is 0 Å². The van der Waals surface area contributed by atoms with E-state index in [2.05, 4.69) is 10.5 Å². The standard InChI is InChI=1S/C20H18N2O4/c1-13-18(19(26-22-13)17-10-8-15(12-23)9-11-17)21-20(24)25-14(2)16-6-4-3-5-7-16/h3-12,14H,1-2H3,(H,21,24)/t14-/m1/s1. The van der Waals surface area contributed by atoms with Gasteiger partial charge in [0.15, 0.2) is 5.76 Å². The van der Waals surface area contributed by atoms with E-state index in [4.69, 9.17) is 9.26 Å². The molecule has 3 rings (SSSR count). The molecule has 0 unspecified atom stereocenters. The third-order valence-corrected chi connectivity index (χ3v) is 3.95. The van der Waals surface area contributed by atoms with E-state index < -0.39 is 12.2 Å². The lowest BCUT2D eigenvalue weighted by Gasteiger charge is -2.14. The monoisotopic (exact) mass is 350 g/mol. The Morgan fingerprint density at radius 2 is 1.85 bits per heavy atom. The van der Waals surface area contributed by atoms with Crippen molar-refractivity contribution in [3.05, 3.63) is 71.4 Å². The maximum Gasteiger partial charge on any atom is 0.412 e. The number of amides is 1. The molecule has 1 N–H and O–H groups in total. The second-order valence-electron chi connectivity index (χ2n) is 5.80. The summed E-state index contributed by atoms with van der Waals surface area (Å²) in [6.07, 6.45) is -0.234. The molecule has 26 heavy (non-hydrogen) atoms. The first-order valence-corrected chi connectivity index (χ1v) is 8.13. The summed E-state index contributed by atoms with van der Waals surface area (Å²) in [6, 6.07) is 16.2. The molecule has 0 spiro atoms. The highest BCUT2D eigenvalue weighted by atomic mass is 16.6. The van der Waals surface area contributed by atoms with Crippen LogP contribution in [0.25, 0.3) is 11.3 Å². The van der Waals surface area contributed by atoms with Gasteiger partial charge in [-0.05, 0) is 19.4 Å². The molecule has 0 bridgehead atoms. The van der Waals surface area contributed by atoms with Crippen LogP contribution in [-0.2, 0) is 4.74 Å². The van der Waals surface area contributed by atoms with Gasteiger partial charge in [-0.25, -0.2) is 4.79 Å². The van der Waals surface area contributed by atoms with E-state index in [1.54, 1.807) is 38.1 Å². The lowest BCUT2D eigenvalue weighted by atomic mass is 10.1. The van der Waals surface area contributed by atoms with Crippen LogP contribution in [0.1, 0.15) is 34.6 Å². The molecule has 0 aliphatic rings. The van der Waals surface area contributed by atoms with Gasteiger partial charge in [-0.2, -0.15) is 0 Å². The fourth-order valence-electron chi connectivity index (χ4n) is 2.51. The zero-order valence-electron chi connectivity index (χ0n) is 14.4.